The Morgan fingerprint density at radius 2 is 1.72 bits per heavy atom. The fourth-order valence-corrected chi connectivity index (χ4v) is 3.58. The summed E-state index contributed by atoms with van der Waals surface area (Å²) in [7, 11) is -2.63. The number of carbonyl (C=O) groups is 2. The van der Waals surface area contributed by atoms with Gasteiger partial charge in [-0.1, -0.05) is 12.1 Å². The van der Waals surface area contributed by atoms with E-state index in [2.05, 4.69) is 4.72 Å². The summed E-state index contributed by atoms with van der Waals surface area (Å²) in [5, 5.41) is 0. The zero-order valence-electron chi connectivity index (χ0n) is 15.6. The molecule has 0 aliphatic heterocycles. The van der Waals surface area contributed by atoms with E-state index in [9.17, 15) is 22.4 Å². The molecule has 1 amide bonds. The molecule has 0 bridgehead atoms. The van der Waals surface area contributed by atoms with Crippen molar-refractivity contribution in [1.82, 2.24) is 4.72 Å². The van der Waals surface area contributed by atoms with Crippen molar-refractivity contribution in [3.8, 4) is 5.75 Å². The second kappa shape index (κ2) is 9.99. The average Bonchev–Trinajstić information content (AvgIpc) is 2.70. The lowest BCUT2D eigenvalue weighted by Gasteiger charge is -2.17. The number of hydrogen-bond acceptors (Lipinski definition) is 6. The molecular formula is C19H21FN2O6S. The molecule has 0 aliphatic rings. The van der Waals surface area contributed by atoms with Crippen molar-refractivity contribution in [2.45, 2.75) is 30.4 Å². The monoisotopic (exact) mass is 424 g/mol. The van der Waals surface area contributed by atoms with Gasteiger partial charge in [-0.3, -0.25) is 9.59 Å². The number of esters is 1. The van der Waals surface area contributed by atoms with Crippen molar-refractivity contribution in [1.29, 1.82) is 0 Å². The number of amides is 1. The summed E-state index contributed by atoms with van der Waals surface area (Å²) in [5.41, 5.74) is 5.63. The number of nitrogens with two attached hydrogens (primary N) is 1. The Hall–Kier alpha value is -2.98. The molecule has 0 saturated heterocycles. The Labute approximate surface area is 167 Å². The number of hydrogen-bond donors (Lipinski definition) is 2. The van der Waals surface area contributed by atoms with Crippen LogP contribution in [0.3, 0.4) is 0 Å². The van der Waals surface area contributed by atoms with Gasteiger partial charge >= 0.3 is 5.97 Å². The number of halogens is 1. The van der Waals surface area contributed by atoms with Gasteiger partial charge in [-0.25, -0.2) is 12.8 Å². The summed E-state index contributed by atoms with van der Waals surface area (Å²) in [6.45, 7) is -0.184. The van der Waals surface area contributed by atoms with Gasteiger partial charge in [-0.05, 0) is 48.4 Å². The predicted molar refractivity (Wildman–Crippen MR) is 102 cm³/mol. The molecule has 1 unspecified atom stereocenters. The second-order valence-corrected chi connectivity index (χ2v) is 7.80. The Balaban J connectivity index is 2.11. The lowest BCUT2D eigenvalue weighted by molar-refractivity contribution is -0.147. The molecule has 2 aromatic rings. The summed E-state index contributed by atoms with van der Waals surface area (Å²) in [5.74, 6) is -1.54. The van der Waals surface area contributed by atoms with Crippen LogP contribution in [0.4, 0.5) is 4.39 Å². The van der Waals surface area contributed by atoms with E-state index in [0.29, 0.717) is 11.3 Å². The summed E-state index contributed by atoms with van der Waals surface area (Å²) in [4.78, 5) is 23.4. The Morgan fingerprint density at radius 1 is 1.10 bits per heavy atom. The minimum Gasteiger partial charge on any atom is -0.497 e. The largest absolute Gasteiger partial charge is 0.497 e. The van der Waals surface area contributed by atoms with Crippen molar-refractivity contribution in [2.24, 2.45) is 5.73 Å². The van der Waals surface area contributed by atoms with Crippen molar-refractivity contribution in [3.63, 3.8) is 0 Å². The zero-order chi connectivity index (χ0) is 21.4. The molecule has 0 aromatic heterocycles. The third kappa shape index (κ3) is 6.84. The normalized spacial score (nSPS) is 12.2. The summed E-state index contributed by atoms with van der Waals surface area (Å²) in [6.07, 6.45) is -0.394. The predicted octanol–water partition coefficient (Wildman–Crippen LogP) is 1.49. The van der Waals surface area contributed by atoms with Gasteiger partial charge in [-0.15, -0.1) is 0 Å². The van der Waals surface area contributed by atoms with Gasteiger partial charge in [0.2, 0.25) is 15.9 Å². The Bertz CT molecular complexity index is 946. The van der Waals surface area contributed by atoms with Gasteiger partial charge in [0.25, 0.3) is 0 Å². The lowest BCUT2D eigenvalue weighted by atomic mass is 10.1. The quantitative estimate of drug-likeness (QED) is 0.557. The van der Waals surface area contributed by atoms with Gasteiger partial charge in [0.1, 0.15) is 24.2 Å². The molecule has 156 valence electrons. The van der Waals surface area contributed by atoms with E-state index >= 15 is 0 Å². The van der Waals surface area contributed by atoms with Crippen molar-refractivity contribution < 1.29 is 31.9 Å². The van der Waals surface area contributed by atoms with Crippen molar-refractivity contribution in [2.75, 3.05) is 7.11 Å². The van der Waals surface area contributed by atoms with Crippen LogP contribution in [0, 0.1) is 5.82 Å². The van der Waals surface area contributed by atoms with Gasteiger partial charge in [0, 0.05) is 6.42 Å². The zero-order valence-corrected chi connectivity index (χ0v) is 16.4. The van der Waals surface area contributed by atoms with Crippen LogP contribution in [0.25, 0.3) is 0 Å². The summed E-state index contributed by atoms with van der Waals surface area (Å²) < 4.78 is 50.5. The molecule has 29 heavy (non-hydrogen) atoms. The third-order valence-electron chi connectivity index (χ3n) is 3.93. The maximum Gasteiger partial charge on any atom is 0.324 e. The van der Waals surface area contributed by atoms with Gasteiger partial charge in [-0.2, -0.15) is 4.72 Å². The Kier molecular flexibility index (Phi) is 7.68. The molecule has 0 saturated carbocycles. The van der Waals surface area contributed by atoms with E-state index in [1.165, 1.54) is 55.6 Å². The van der Waals surface area contributed by atoms with Crippen LogP contribution < -0.4 is 15.2 Å². The second-order valence-electron chi connectivity index (χ2n) is 6.09. The van der Waals surface area contributed by atoms with E-state index < -0.39 is 33.8 Å². The number of primary amides is 1. The molecular weight excluding hydrogens is 403 g/mol. The lowest BCUT2D eigenvalue weighted by Crippen LogP contribution is -2.42. The molecule has 0 aliphatic carbocycles. The number of rotatable bonds is 10. The fourth-order valence-electron chi connectivity index (χ4n) is 2.36. The van der Waals surface area contributed by atoms with E-state index in [1.807, 2.05) is 0 Å². The minimum absolute atomic E-state index is 0.0892. The van der Waals surface area contributed by atoms with Crippen molar-refractivity contribution in [3.05, 3.63) is 59.9 Å². The van der Waals surface area contributed by atoms with Crippen LogP contribution in [0.1, 0.15) is 18.4 Å². The maximum atomic E-state index is 12.9. The Morgan fingerprint density at radius 3 is 2.28 bits per heavy atom. The minimum atomic E-state index is -4.07. The first-order valence-electron chi connectivity index (χ1n) is 8.57. The van der Waals surface area contributed by atoms with Crippen LogP contribution in [0.15, 0.2) is 53.4 Å². The maximum absolute atomic E-state index is 12.9. The highest BCUT2D eigenvalue weighted by Gasteiger charge is 2.27. The highest BCUT2D eigenvalue weighted by Crippen LogP contribution is 2.17. The summed E-state index contributed by atoms with van der Waals surface area (Å²) >= 11 is 0. The summed E-state index contributed by atoms with van der Waals surface area (Å²) in [6, 6.07) is 9.51. The first-order valence-corrected chi connectivity index (χ1v) is 10.1. The third-order valence-corrected chi connectivity index (χ3v) is 5.41. The first kappa shape index (κ1) is 22.3. The van der Waals surface area contributed by atoms with Gasteiger partial charge < -0.3 is 15.2 Å². The number of sulfonamides is 1. The smallest absolute Gasteiger partial charge is 0.324 e. The molecule has 8 nitrogen and oxygen atoms in total. The molecule has 3 N–H and O–H groups in total. The highest BCUT2D eigenvalue weighted by atomic mass is 32.2. The SMILES string of the molecule is COc1ccc(S(=O)(=O)NC(CCC(N)=O)C(=O)OCc2ccc(F)cc2)cc1. The van der Waals surface area contributed by atoms with Gasteiger partial charge in [0.15, 0.2) is 0 Å². The number of nitrogens with one attached hydrogen (secondary N) is 1. The fraction of sp³-hybridized carbons (Fsp3) is 0.263. The molecule has 0 fully saturated rings. The average molecular weight is 424 g/mol. The van der Waals surface area contributed by atoms with E-state index in [4.69, 9.17) is 15.2 Å². The van der Waals surface area contributed by atoms with Crippen LogP contribution in [-0.4, -0.2) is 33.4 Å². The first-order chi connectivity index (χ1) is 13.7. The van der Waals surface area contributed by atoms with E-state index in [-0.39, 0.29) is 24.3 Å². The molecule has 2 aromatic carbocycles. The van der Waals surface area contributed by atoms with E-state index in [1.54, 1.807) is 0 Å². The van der Waals surface area contributed by atoms with Crippen LogP contribution in [0.2, 0.25) is 0 Å². The topological polar surface area (TPSA) is 125 Å². The molecule has 0 spiro atoms. The number of methoxy groups -OCH3 is 1. The molecule has 10 heteroatoms. The number of ether oxygens (including phenoxy) is 2. The van der Waals surface area contributed by atoms with Crippen molar-refractivity contribution >= 4 is 21.9 Å². The van der Waals surface area contributed by atoms with Crippen LogP contribution >= 0.6 is 0 Å². The number of benzene rings is 2. The standard InChI is InChI=1S/C19H21FN2O6S/c1-27-15-6-8-16(9-7-15)29(25,26)22-17(10-11-18(21)23)19(24)28-12-13-2-4-14(20)5-3-13/h2-9,17,22H,10-12H2,1H3,(H2,21,23). The van der Waals surface area contributed by atoms with E-state index in [0.717, 1.165) is 0 Å². The number of carbonyl (C=O) groups excluding carboxylic acids is 2. The molecule has 1 atom stereocenters. The van der Waals surface area contributed by atoms with Crippen LogP contribution in [-0.2, 0) is 31.0 Å². The van der Waals surface area contributed by atoms with Crippen LogP contribution in [0.5, 0.6) is 5.75 Å². The molecule has 0 radical (unpaired) electrons. The molecule has 2 rings (SSSR count). The molecule has 0 heterocycles. The highest BCUT2D eigenvalue weighted by molar-refractivity contribution is 7.89. The van der Waals surface area contributed by atoms with Gasteiger partial charge in [0.05, 0.1) is 12.0 Å².